The van der Waals surface area contributed by atoms with E-state index in [1.165, 1.54) is 17.8 Å². The summed E-state index contributed by atoms with van der Waals surface area (Å²) in [7, 11) is 0. The Morgan fingerprint density at radius 3 is 2.92 bits per heavy atom. The van der Waals surface area contributed by atoms with E-state index >= 15 is 0 Å². The van der Waals surface area contributed by atoms with Crippen LogP contribution in [0.3, 0.4) is 0 Å². The molecule has 0 aromatic carbocycles. The maximum atomic E-state index is 13.1. The van der Waals surface area contributed by atoms with Gasteiger partial charge in [0.25, 0.3) is 11.5 Å². The number of likely N-dealkylation sites (tertiary alicyclic amines) is 1. The van der Waals surface area contributed by atoms with Crippen LogP contribution >= 0.6 is 11.3 Å². The molecule has 0 radical (unpaired) electrons. The number of fused-ring (bicyclic) bond motifs is 2. The van der Waals surface area contributed by atoms with Crippen LogP contribution in [0.2, 0.25) is 0 Å². The number of hydrogen-bond donors (Lipinski definition) is 0. The first-order valence-corrected chi connectivity index (χ1v) is 9.77. The third-order valence-corrected chi connectivity index (χ3v) is 6.64. The minimum atomic E-state index is 0.0333. The lowest BCUT2D eigenvalue weighted by atomic mass is 9.99. The van der Waals surface area contributed by atoms with E-state index in [2.05, 4.69) is 11.9 Å². The zero-order valence-electron chi connectivity index (χ0n) is 14.3. The lowest BCUT2D eigenvalue weighted by Crippen LogP contribution is -2.43. The molecule has 1 amide bonds. The van der Waals surface area contributed by atoms with Gasteiger partial charge in [0.15, 0.2) is 0 Å². The summed E-state index contributed by atoms with van der Waals surface area (Å²) in [5.41, 5.74) is 0.853. The second-order valence-electron chi connectivity index (χ2n) is 6.88. The average molecular weight is 345 g/mol. The topological polar surface area (TPSA) is 55.2 Å². The fourth-order valence-electron chi connectivity index (χ4n) is 4.10. The van der Waals surface area contributed by atoms with Crippen LogP contribution in [0.4, 0.5) is 0 Å². The van der Waals surface area contributed by atoms with Crippen molar-refractivity contribution in [1.82, 2.24) is 14.5 Å². The Labute approximate surface area is 145 Å². The lowest BCUT2D eigenvalue weighted by molar-refractivity contribution is 0.0612. The SMILES string of the molecule is CCC1CCCCN1C(=O)c1sc2nc3n(c(=O)c2c1C)CCC3. The monoisotopic (exact) mass is 345 g/mol. The molecule has 4 rings (SSSR count). The van der Waals surface area contributed by atoms with Gasteiger partial charge in [0.2, 0.25) is 0 Å². The molecule has 0 bridgehead atoms. The molecular weight excluding hydrogens is 322 g/mol. The highest BCUT2D eigenvalue weighted by molar-refractivity contribution is 7.20. The molecule has 2 aliphatic rings. The number of piperidine rings is 1. The summed E-state index contributed by atoms with van der Waals surface area (Å²) >= 11 is 1.40. The van der Waals surface area contributed by atoms with Gasteiger partial charge < -0.3 is 4.90 Å². The van der Waals surface area contributed by atoms with Crippen molar-refractivity contribution in [3.05, 3.63) is 26.6 Å². The van der Waals surface area contributed by atoms with Crippen LogP contribution < -0.4 is 5.56 Å². The maximum absolute atomic E-state index is 13.1. The molecule has 6 heteroatoms. The van der Waals surface area contributed by atoms with Crippen LogP contribution in [0.1, 0.15) is 60.1 Å². The summed E-state index contributed by atoms with van der Waals surface area (Å²) in [5.74, 6) is 0.962. The third kappa shape index (κ3) is 2.31. The van der Waals surface area contributed by atoms with Gasteiger partial charge in [-0.15, -0.1) is 11.3 Å². The minimum Gasteiger partial charge on any atom is -0.335 e. The first-order chi connectivity index (χ1) is 11.6. The van der Waals surface area contributed by atoms with E-state index in [-0.39, 0.29) is 11.5 Å². The van der Waals surface area contributed by atoms with Crippen molar-refractivity contribution in [2.24, 2.45) is 0 Å². The molecule has 0 N–H and O–H groups in total. The Bertz CT molecular complexity index is 867. The Balaban J connectivity index is 1.80. The van der Waals surface area contributed by atoms with Crippen molar-refractivity contribution >= 4 is 27.5 Å². The van der Waals surface area contributed by atoms with Crippen molar-refractivity contribution in [2.75, 3.05) is 6.54 Å². The van der Waals surface area contributed by atoms with E-state index in [1.807, 2.05) is 11.8 Å². The quantitative estimate of drug-likeness (QED) is 0.840. The van der Waals surface area contributed by atoms with E-state index in [0.29, 0.717) is 16.3 Å². The van der Waals surface area contributed by atoms with Crippen molar-refractivity contribution in [1.29, 1.82) is 0 Å². The van der Waals surface area contributed by atoms with Gasteiger partial charge in [0.05, 0.1) is 10.3 Å². The van der Waals surface area contributed by atoms with Crippen LogP contribution in [0.25, 0.3) is 10.2 Å². The van der Waals surface area contributed by atoms with Gasteiger partial charge in [0.1, 0.15) is 10.7 Å². The second kappa shape index (κ2) is 5.99. The molecule has 24 heavy (non-hydrogen) atoms. The summed E-state index contributed by atoms with van der Waals surface area (Å²) in [6.45, 7) is 5.63. The number of amides is 1. The molecule has 2 aromatic rings. The first-order valence-electron chi connectivity index (χ1n) is 8.95. The van der Waals surface area contributed by atoms with Gasteiger partial charge in [-0.1, -0.05) is 6.92 Å². The number of thiophene rings is 1. The number of hydrogen-bond acceptors (Lipinski definition) is 4. The smallest absolute Gasteiger partial charge is 0.264 e. The Morgan fingerprint density at radius 1 is 1.29 bits per heavy atom. The molecule has 1 atom stereocenters. The number of rotatable bonds is 2. The van der Waals surface area contributed by atoms with Crippen molar-refractivity contribution in [3.63, 3.8) is 0 Å². The zero-order valence-corrected chi connectivity index (χ0v) is 15.1. The average Bonchev–Trinajstić information content (AvgIpc) is 3.19. The van der Waals surface area contributed by atoms with E-state index in [0.717, 1.165) is 61.4 Å². The molecule has 0 aliphatic carbocycles. The molecule has 1 saturated heterocycles. The highest BCUT2D eigenvalue weighted by atomic mass is 32.1. The second-order valence-corrected chi connectivity index (χ2v) is 7.88. The molecule has 128 valence electrons. The Kier molecular flexibility index (Phi) is 3.95. The summed E-state index contributed by atoms with van der Waals surface area (Å²) in [4.78, 5) is 34.0. The lowest BCUT2D eigenvalue weighted by Gasteiger charge is -2.35. The predicted octanol–water partition coefficient (Wildman–Crippen LogP) is 3.12. The summed E-state index contributed by atoms with van der Waals surface area (Å²) in [6.07, 6.45) is 6.18. The van der Waals surface area contributed by atoms with E-state index in [4.69, 9.17) is 0 Å². The summed E-state index contributed by atoms with van der Waals surface area (Å²) in [5, 5.41) is 0.652. The molecule has 1 fully saturated rings. The predicted molar refractivity (Wildman–Crippen MR) is 95.9 cm³/mol. The normalized spacial score (nSPS) is 20.6. The van der Waals surface area contributed by atoms with Crippen LogP contribution in [0, 0.1) is 6.92 Å². The third-order valence-electron chi connectivity index (χ3n) is 5.46. The van der Waals surface area contributed by atoms with E-state index < -0.39 is 0 Å². The van der Waals surface area contributed by atoms with Crippen LogP contribution in [-0.2, 0) is 13.0 Å². The molecule has 1 unspecified atom stereocenters. The van der Waals surface area contributed by atoms with Crippen LogP contribution in [-0.4, -0.2) is 32.9 Å². The van der Waals surface area contributed by atoms with Crippen molar-refractivity contribution in [2.45, 2.75) is 65.0 Å². The van der Waals surface area contributed by atoms with Crippen molar-refractivity contribution < 1.29 is 4.79 Å². The minimum absolute atomic E-state index is 0.0333. The number of carbonyl (C=O) groups is 1. The van der Waals surface area contributed by atoms with E-state index in [1.54, 1.807) is 4.57 Å². The molecule has 2 aromatic heterocycles. The highest BCUT2D eigenvalue weighted by Crippen LogP contribution is 2.31. The summed E-state index contributed by atoms with van der Waals surface area (Å²) in [6, 6.07) is 0.329. The fraction of sp³-hybridized carbons (Fsp3) is 0.611. The number of aryl methyl sites for hydroxylation is 2. The van der Waals surface area contributed by atoms with Gasteiger partial charge in [-0.25, -0.2) is 4.98 Å². The molecular formula is C18H23N3O2S. The van der Waals surface area contributed by atoms with Gasteiger partial charge in [-0.3, -0.25) is 14.2 Å². The Morgan fingerprint density at radius 2 is 2.12 bits per heavy atom. The van der Waals surface area contributed by atoms with E-state index in [9.17, 15) is 9.59 Å². The summed E-state index contributed by atoms with van der Waals surface area (Å²) < 4.78 is 1.78. The molecule has 0 saturated carbocycles. The van der Waals surface area contributed by atoms with Gasteiger partial charge in [-0.2, -0.15) is 0 Å². The number of carbonyl (C=O) groups excluding carboxylic acids is 1. The molecule has 0 spiro atoms. The Hall–Kier alpha value is -1.69. The van der Waals surface area contributed by atoms with Gasteiger partial charge in [0, 0.05) is 25.6 Å². The number of aromatic nitrogens is 2. The highest BCUT2D eigenvalue weighted by Gasteiger charge is 2.30. The largest absolute Gasteiger partial charge is 0.335 e. The first kappa shape index (κ1) is 15.8. The van der Waals surface area contributed by atoms with Crippen molar-refractivity contribution in [3.8, 4) is 0 Å². The van der Waals surface area contributed by atoms with Gasteiger partial charge in [-0.05, 0) is 44.6 Å². The van der Waals surface area contributed by atoms with Crippen LogP contribution in [0.15, 0.2) is 4.79 Å². The molecule has 5 nitrogen and oxygen atoms in total. The number of nitrogens with zero attached hydrogens (tertiary/aromatic N) is 3. The zero-order chi connectivity index (χ0) is 16.8. The standard InChI is InChI=1S/C18H23N3O2S/c1-3-12-7-4-5-9-20(12)18(23)15-11(2)14-16(24-15)19-13-8-6-10-21(13)17(14)22/h12H,3-10H2,1-2H3. The fourth-order valence-corrected chi connectivity index (χ4v) is 5.25. The van der Waals surface area contributed by atoms with Gasteiger partial charge >= 0.3 is 0 Å². The van der Waals surface area contributed by atoms with Crippen LogP contribution in [0.5, 0.6) is 0 Å². The molecule has 4 heterocycles. The maximum Gasteiger partial charge on any atom is 0.264 e. The molecule has 2 aliphatic heterocycles.